The van der Waals surface area contributed by atoms with Gasteiger partial charge in [0, 0.05) is 44.1 Å². The highest BCUT2D eigenvalue weighted by Gasteiger charge is 2.57. The number of aromatic nitrogens is 2. The molecule has 12 rings (SSSR count). The van der Waals surface area contributed by atoms with Gasteiger partial charge in [-0.1, -0.05) is 0 Å². The summed E-state index contributed by atoms with van der Waals surface area (Å²) in [5.74, 6) is 4.36. The molecule has 4 unspecified atom stereocenters. The summed E-state index contributed by atoms with van der Waals surface area (Å²) >= 11 is 0. The molecule has 2 saturated heterocycles. The first-order chi connectivity index (χ1) is 26.1. The first-order valence-electron chi connectivity index (χ1n) is 20.1. The second kappa shape index (κ2) is 15.3. The molecule has 1 amide bonds. The molecule has 10 aliphatic rings. The molecule has 8 saturated carbocycles. The Balaban J connectivity index is 0.000000131. The number of nitriles is 2. The van der Waals surface area contributed by atoms with Crippen LogP contribution in [0.15, 0.2) is 36.7 Å². The number of likely N-dealkylation sites (tertiary alicyclic amines) is 1. The van der Waals surface area contributed by atoms with Gasteiger partial charge in [0.1, 0.15) is 29.9 Å². The number of nitrogens with zero attached hydrogens (tertiary/aromatic N) is 5. The number of ether oxygens (including phenoxy) is 1. The van der Waals surface area contributed by atoms with Crippen LogP contribution in [-0.4, -0.2) is 98.0 Å². The lowest BCUT2D eigenvalue weighted by atomic mass is 9.53. The maximum absolute atomic E-state index is 12.8. The minimum Gasteiger partial charge on any atom is -0.446 e. The summed E-state index contributed by atoms with van der Waals surface area (Å²) in [4.78, 5) is 22.9. The predicted molar refractivity (Wildman–Crippen MR) is 200 cm³/mol. The molecular weight excluding hydrogens is 685 g/mol. The molecule has 2 aliphatic heterocycles. The summed E-state index contributed by atoms with van der Waals surface area (Å²) in [6.07, 6.45) is 14.5. The largest absolute Gasteiger partial charge is 0.446 e. The Bertz CT molecular complexity index is 1690. The lowest BCUT2D eigenvalue weighted by Crippen LogP contribution is -2.58. The van der Waals surface area contributed by atoms with Crippen LogP contribution in [0.1, 0.15) is 88.2 Å². The van der Waals surface area contributed by atoms with E-state index < -0.39 is 5.60 Å². The maximum atomic E-state index is 12.8. The third-order valence-electron chi connectivity index (χ3n) is 13.6. The molecule has 0 aromatic carbocycles. The summed E-state index contributed by atoms with van der Waals surface area (Å²) in [7, 11) is 0. The van der Waals surface area contributed by atoms with Gasteiger partial charge in [-0.05, 0) is 143 Å². The number of pyridine rings is 2. The Hall–Kier alpha value is -4.01. The molecule has 0 spiro atoms. The molecule has 13 nitrogen and oxygen atoms in total. The van der Waals surface area contributed by atoms with Crippen LogP contribution in [0.4, 0.5) is 16.4 Å². The van der Waals surface area contributed by atoms with Crippen molar-refractivity contribution in [2.45, 2.75) is 113 Å². The molecular formula is C41H54N8O5. The zero-order valence-electron chi connectivity index (χ0n) is 30.9. The van der Waals surface area contributed by atoms with E-state index in [1.165, 1.54) is 12.8 Å². The third kappa shape index (κ3) is 8.16. The van der Waals surface area contributed by atoms with Gasteiger partial charge in [0.25, 0.3) is 0 Å². The number of hydrogen-bond acceptors (Lipinski definition) is 12. The molecule has 0 radical (unpaired) electrons. The summed E-state index contributed by atoms with van der Waals surface area (Å²) in [6.45, 7) is 3.31. The van der Waals surface area contributed by atoms with Crippen LogP contribution in [-0.2, 0) is 4.74 Å². The van der Waals surface area contributed by atoms with Crippen molar-refractivity contribution in [3.63, 3.8) is 0 Å². The molecule has 8 bridgehead atoms. The second-order valence-electron chi connectivity index (χ2n) is 17.7. The van der Waals surface area contributed by atoms with Crippen molar-refractivity contribution in [1.29, 1.82) is 10.5 Å². The van der Waals surface area contributed by atoms with Gasteiger partial charge in [0.05, 0.1) is 28.4 Å². The van der Waals surface area contributed by atoms with E-state index in [4.69, 9.17) is 15.3 Å². The number of amides is 1. The third-order valence-corrected chi connectivity index (χ3v) is 13.6. The van der Waals surface area contributed by atoms with Crippen molar-refractivity contribution >= 4 is 17.7 Å². The lowest BCUT2D eigenvalue weighted by molar-refractivity contribution is -0.177. The van der Waals surface area contributed by atoms with Gasteiger partial charge in [-0.15, -0.1) is 0 Å². The standard InChI is InChI=1S/C21H26N4O3.C10H12N4.C10H16O2/c22-10-13-1-2-18(23-11-13)24-17-3-4-25(12-17)20(26)28-19-15-5-14-6-16(19)9-21(27,7-14)8-15;11-5-8-1-2-10(13-6-8)14-9-3-4-12-7-9;11-9-7-1-6-2-8(9)5-10(12,3-6)4-7/h1-2,11,14-17,19,27H,3-9,12H2,(H,23,24);1-2,6,9,12H,3-4,7H2,(H,13,14);6-9,11-12H,1-5H2/t14?,15?,16?,17-,19?,21?;9-;/m11./s1. The molecule has 6 atom stereocenters. The van der Waals surface area contributed by atoms with Crippen molar-refractivity contribution in [2.75, 3.05) is 36.8 Å². The van der Waals surface area contributed by atoms with Crippen LogP contribution in [0, 0.1) is 58.2 Å². The lowest BCUT2D eigenvalue weighted by Gasteiger charge is -2.57. The van der Waals surface area contributed by atoms with Crippen LogP contribution in [0.5, 0.6) is 0 Å². The second-order valence-corrected chi connectivity index (χ2v) is 17.7. The average molecular weight is 739 g/mol. The number of nitrogens with one attached hydrogen (secondary N) is 3. The Morgan fingerprint density at radius 2 is 1.33 bits per heavy atom. The van der Waals surface area contributed by atoms with Crippen molar-refractivity contribution in [1.82, 2.24) is 20.2 Å². The molecule has 288 valence electrons. The highest BCUT2D eigenvalue weighted by molar-refractivity contribution is 5.68. The minimum absolute atomic E-state index is 0.0310. The Morgan fingerprint density at radius 3 is 1.81 bits per heavy atom. The molecule has 13 heteroatoms. The molecule has 8 aliphatic carbocycles. The van der Waals surface area contributed by atoms with Gasteiger partial charge in [-0.25, -0.2) is 14.8 Å². The highest BCUT2D eigenvalue weighted by Crippen LogP contribution is 2.57. The fraction of sp³-hybridized carbons (Fsp3) is 0.683. The first kappa shape index (κ1) is 36.9. The van der Waals surface area contributed by atoms with Gasteiger partial charge in [-0.2, -0.15) is 10.5 Å². The van der Waals surface area contributed by atoms with Crippen LogP contribution >= 0.6 is 0 Å². The predicted octanol–water partition coefficient (Wildman–Crippen LogP) is 4.16. The van der Waals surface area contributed by atoms with Crippen molar-refractivity contribution in [3.8, 4) is 12.1 Å². The maximum Gasteiger partial charge on any atom is 0.410 e. The topological polar surface area (TPSA) is 200 Å². The number of hydrogen-bond donors (Lipinski definition) is 6. The molecule has 2 aromatic rings. The smallest absolute Gasteiger partial charge is 0.410 e. The van der Waals surface area contributed by atoms with E-state index in [0.29, 0.717) is 65.7 Å². The van der Waals surface area contributed by atoms with E-state index in [-0.39, 0.29) is 29.9 Å². The number of aliphatic hydroxyl groups is 3. The Kier molecular flexibility index (Phi) is 10.4. The number of aliphatic hydroxyl groups excluding tert-OH is 1. The van der Waals surface area contributed by atoms with Gasteiger partial charge < -0.3 is 40.9 Å². The summed E-state index contributed by atoms with van der Waals surface area (Å²) < 4.78 is 5.98. The summed E-state index contributed by atoms with van der Waals surface area (Å²) in [5, 5.41) is 58.0. The molecule has 6 N–H and O–H groups in total. The Morgan fingerprint density at radius 1 is 0.796 bits per heavy atom. The zero-order valence-corrected chi connectivity index (χ0v) is 30.9. The van der Waals surface area contributed by atoms with Crippen molar-refractivity contribution < 1.29 is 24.9 Å². The van der Waals surface area contributed by atoms with Crippen LogP contribution in [0.2, 0.25) is 0 Å². The monoisotopic (exact) mass is 738 g/mol. The van der Waals surface area contributed by atoms with E-state index in [9.17, 15) is 20.1 Å². The molecule has 54 heavy (non-hydrogen) atoms. The van der Waals surface area contributed by atoms with Gasteiger partial charge >= 0.3 is 6.09 Å². The first-order valence-corrected chi connectivity index (χ1v) is 20.1. The molecule has 10 fully saturated rings. The SMILES string of the molecule is N#Cc1ccc(N[C@@H]2CCN(C(=O)OC3C4CC5CC3CC(O)(C5)C4)C2)nc1.N#Cc1ccc(N[C@@H]2CCNC2)nc1.OC1C2CC3CC1CC(O)(C3)C2. The van der Waals surface area contributed by atoms with E-state index >= 15 is 0 Å². The van der Waals surface area contributed by atoms with E-state index in [2.05, 4.69) is 32.0 Å². The quantitative estimate of drug-likeness (QED) is 0.256. The van der Waals surface area contributed by atoms with Crippen LogP contribution in [0.25, 0.3) is 0 Å². The molecule has 4 heterocycles. The number of carbonyl (C=O) groups excluding carboxylic acids is 1. The van der Waals surface area contributed by atoms with Crippen LogP contribution in [0.3, 0.4) is 0 Å². The van der Waals surface area contributed by atoms with E-state index in [0.717, 1.165) is 89.0 Å². The van der Waals surface area contributed by atoms with E-state index in [1.807, 2.05) is 12.1 Å². The fourth-order valence-corrected chi connectivity index (χ4v) is 11.6. The van der Waals surface area contributed by atoms with Gasteiger partial charge in [0.2, 0.25) is 0 Å². The summed E-state index contributed by atoms with van der Waals surface area (Å²) in [5.41, 5.74) is 0.244. The van der Waals surface area contributed by atoms with E-state index in [1.54, 1.807) is 35.5 Å². The van der Waals surface area contributed by atoms with Crippen molar-refractivity contribution in [2.24, 2.45) is 35.5 Å². The number of carbonyl (C=O) groups is 1. The number of anilines is 2. The number of rotatable bonds is 5. The molecule has 2 aromatic heterocycles. The fourth-order valence-electron chi connectivity index (χ4n) is 11.6. The highest BCUT2D eigenvalue weighted by atomic mass is 16.6. The minimum atomic E-state index is -0.504. The van der Waals surface area contributed by atoms with Crippen molar-refractivity contribution in [3.05, 3.63) is 47.8 Å². The Labute approximate surface area is 317 Å². The normalized spacial score (nSPS) is 39.0. The zero-order chi connectivity index (χ0) is 37.5. The van der Waals surface area contributed by atoms with Gasteiger partial charge in [-0.3, -0.25) is 0 Å². The summed E-state index contributed by atoms with van der Waals surface area (Å²) in [6, 6.07) is 11.8. The van der Waals surface area contributed by atoms with Gasteiger partial charge in [0.15, 0.2) is 0 Å². The average Bonchev–Trinajstić information content (AvgIpc) is 3.85. The van der Waals surface area contributed by atoms with Crippen LogP contribution < -0.4 is 16.0 Å².